The number of methoxy groups -OCH3 is 1. The van der Waals surface area contributed by atoms with Gasteiger partial charge >= 0.3 is 6.09 Å². The van der Waals surface area contributed by atoms with Crippen LogP contribution < -0.4 is 5.32 Å². The quantitative estimate of drug-likeness (QED) is 0.579. The number of nitrogens with zero attached hydrogens (tertiary/aromatic N) is 4. The molecule has 4 atom stereocenters. The Morgan fingerprint density at radius 1 is 1.30 bits per heavy atom. The second-order valence-electron chi connectivity index (χ2n) is 10.7. The van der Waals surface area contributed by atoms with Gasteiger partial charge in [-0.1, -0.05) is 12.1 Å². The van der Waals surface area contributed by atoms with Gasteiger partial charge in [-0.15, -0.1) is 0 Å². The van der Waals surface area contributed by atoms with Crippen LogP contribution in [0.1, 0.15) is 45.6 Å². The van der Waals surface area contributed by atoms with Crippen LogP contribution in [-0.2, 0) is 27.2 Å². The van der Waals surface area contributed by atoms with Crippen LogP contribution in [-0.4, -0.2) is 64.1 Å². The average Bonchev–Trinajstić information content (AvgIpc) is 3.58. The van der Waals surface area contributed by atoms with E-state index in [2.05, 4.69) is 16.5 Å². The molecule has 0 radical (unpaired) electrons. The molecule has 2 aromatic rings. The minimum Gasteiger partial charge on any atom is -0.444 e. The van der Waals surface area contributed by atoms with Gasteiger partial charge in [-0.3, -0.25) is 14.4 Å². The molecule has 1 aromatic heterocycles. The topological polar surface area (TPSA) is 109 Å². The number of nitriles is 1. The lowest BCUT2D eigenvalue weighted by Crippen LogP contribution is -2.55. The number of halogens is 1. The van der Waals surface area contributed by atoms with Gasteiger partial charge in [-0.05, 0) is 63.1 Å². The molecule has 2 bridgehead atoms. The molecule has 4 rings (SSSR count). The van der Waals surface area contributed by atoms with E-state index in [1.807, 2.05) is 6.20 Å². The van der Waals surface area contributed by atoms with Crippen molar-refractivity contribution in [3.05, 3.63) is 42.0 Å². The van der Waals surface area contributed by atoms with Crippen LogP contribution in [0.15, 0.2) is 30.6 Å². The number of likely N-dealkylation sites (tertiary alicyclic amines) is 1. The zero-order valence-corrected chi connectivity index (χ0v) is 21.7. The molecule has 2 aliphatic rings. The van der Waals surface area contributed by atoms with Gasteiger partial charge in [-0.25, -0.2) is 9.18 Å². The van der Waals surface area contributed by atoms with E-state index >= 15 is 0 Å². The fourth-order valence-electron chi connectivity index (χ4n) is 5.22. The minimum atomic E-state index is -0.941. The fourth-order valence-corrected chi connectivity index (χ4v) is 5.22. The normalized spacial score (nSPS) is 21.5. The fraction of sp³-hybridized carbons (Fsp3) is 0.556. The molecule has 1 aromatic carbocycles. The van der Waals surface area contributed by atoms with Crippen molar-refractivity contribution in [3.63, 3.8) is 0 Å². The monoisotopic (exact) mass is 511 g/mol. The molecule has 1 saturated heterocycles. The van der Waals surface area contributed by atoms with E-state index in [-0.39, 0.29) is 18.4 Å². The lowest BCUT2D eigenvalue weighted by Gasteiger charge is -2.35. The molecule has 2 amide bonds. The van der Waals surface area contributed by atoms with E-state index in [1.54, 1.807) is 50.9 Å². The number of carbonyl (C=O) groups is 2. The molecule has 0 spiro atoms. The second-order valence-corrected chi connectivity index (χ2v) is 10.7. The molecule has 1 aliphatic heterocycles. The Labute approximate surface area is 216 Å². The summed E-state index contributed by atoms with van der Waals surface area (Å²) in [5.74, 6) is -0.838. The van der Waals surface area contributed by atoms with Gasteiger partial charge in [-0.2, -0.15) is 10.4 Å². The molecular weight excluding hydrogens is 477 g/mol. The van der Waals surface area contributed by atoms with Crippen LogP contribution in [0.3, 0.4) is 0 Å². The van der Waals surface area contributed by atoms with E-state index in [1.165, 1.54) is 11.0 Å². The smallest absolute Gasteiger partial charge is 0.411 e. The van der Waals surface area contributed by atoms with Crippen LogP contribution in [0, 0.1) is 23.1 Å². The van der Waals surface area contributed by atoms with Gasteiger partial charge in [0.15, 0.2) is 0 Å². The van der Waals surface area contributed by atoms with Gasteiger partial charge in [0.2, 0.25) is 5.91 Å². The van der Waals surface area contributed by atoms with Gasteiger partial charge in [0.1, 0.15) is 23.5 Å². The second kappa shape index (κ2) is 10.9. The van der Waals surface area contributed by atoms with E-state index in [0.717, 1.165) is 24.8 Å². The maximum Gasteiger partial charge on any atom is 0.411 e. The average molecular weight is 512 g/mol. The Morgan fingerprint density at radius 2 is 2.08 bits per heavy atom. The molecule has 2 fully saturated rings. The Kier molecular flexibility index (Phi) is 7.83. The van der Waals surface area contributed by atoms with E-state index in [9.17, 15) is 19.2 Å². The van der Waals surface area contributed by atoms with E-state index < -0.39 is 35.5 Å². The number of hydrogen-bond donors (Lipinski definition) is 1. The number of aromatic nitrogens is 2. The number of carbonyl (C=O) groups excluding carboxylic acids is 2. The van der Waals surface area contributed by atoms with Crippen molar-refractivity contribution in [2.75, 3.05) is 13.7 Å². The minimum absolute atomic E-state index is 0.00864. The molecule has 1 unspecified atom stereocenters. The SMILES string of the molecule is COCCn1cc(-c2ccc(CC(C#N)NC(=O)[C@@H]3[C@H]4CC[C@H](C4)N3C(=O)OC(C)(C)C)c(F)c2)cn1. The Morgan fingerprint density at radius 3 is 2.76 bits per heavy atom. The van der Waals surface area contributed by atoms with Crippen molar-refractivity contribution >= 4 is 12.0 Å². The first-order valence-corrected chi connectivity index (χ1v) is 12.6. The highest BCUT2D eigenvalue weighted by Crippen LogP contribution is 2.43. The zero-order chi connectivity index (χ0) is 26.7. The number of rotatable bonds is 8. The van der Waals surface area contributed by atoms with Crippen molar-refractivity contribution in [3.8, 4) is 17.2 Å². The van der Waals surface area contributed by atoms with E-state index in [4.69, 9.17) is 9.47 Å². The summed E-state index contributed by atoms with van der Waals surface area (Å²) < 4.78 is 27.3. The summed E-state index contributed by atoms with van der Waals surface area (Å²) in [7, 11) is 1.62. The standard InChI is InChI=1S/C27H34FN5O4/c1-27(2,3)37-26(35)33-22-8-7-19(12-22)24(33)25(34)31-21(14-29)11-18-6-5-17(13-23(18)28)20-15-30-32(16-20)9-10-36-4/h5-6,13,15-16,19,21-22,24H,7-12H2,1-4H3,(H,31,34)/t19-,21?,22+,24-/m0/s1. The van der Waals surface area contributed by atoms with Crippen molar-refractivity contribution in [2.24, 2.45) is 5.92 Å². The summed E-state index contributed by atoms with van der Waals surface area (Å²) in [6, 6.07) is 5.20. The molecule has 198 valence electrons. The number of hydrogen-bond acceptors (Lipinski definition) is 6. The van der Waals surface area contributed by atoms with Crippen LogP contribution >= 0.6 is 0 Å². The summed E-state index contributed by atoms with van der Waals surface area (Å²) in [5.41, 5.74) is 1.07. The molecule has 9 nitrogen and oxygen atoms in total. The molecule has 1 N–H and O–H groups in total. The highest BCUT2D eigenvalue weighted by molar-refractivity contribution is 5.87. The molecule has 1 saturated carbocycles. The predicted molar refractivity (Wildman–Crippen MR) is 134 cm³/mol. The highest BCUT2D eigenvalue weighted by Gasteiger charge is 2.52. The third kappa shape index (κ3) is 6.10. The summed E-state index contributed by atoms with van der Waals surface area (Å²) >= 11 is 0. The summed E-state index contributed by atoms with van der Waals surface area (Å²) in [4.78, 5) is 27.6. The van der Waals surface area contributed by atoms with Crippen LogP contribution in [0.4, 0.5) is 9.18 Å². The van der Waals surface area contributed by atoms with Crippen molar-refractivity contribution in [2.45, 2.75) is 76.7 Å². The Bertz CT molecular complexity index is 1180. The lowest BCUT2D eigenvalue weighted by molar-refractivity contribution is -0.128. The Balaban J connectivity index is 1.42. The van der Waals surface area contributed by atoms with Crippen molar-refractivity contribution in [1.82, 2.24) is 20.0 Å². The van der Waals surface area contributed by atoms with Gasteiger partial charge in [0.05, 0.1) is 25.4 Å². The van der Waals surface area contributed by atoms with Crippen LogP contribution in [0.2, 0.25) is 0 Å². The zero-order valence-electron chi connectivity index (χ0n) is 21.7. The maximum absolute atomic E-state index is 15.0. The van der Waals surface area contributed by atoms with Crippen molar-refractivity contribution < 1.29 is 23.5 Å². The number of fused-ring (bicyclic) bond motifs is 2. The third-order valence-electron chi connectivity index (χ3n) is 6.90. The first-order valence-electron chi connectivity index (χ1n) is 12.6. The van der Waals surface area contributed by atoms with Gasteiger partial charge in [0.25, 0.3) is 0 Å². The molecule has 10 heteroatoms. The Hall–Kier alpha value is -3.45. The lowest BCUT2D eigenvalue weighted by atomic mass is 9.97. The van der Waals surface area contributed by atoms with Crippen molar-refractivity contribution in [1.29, 1.82) is 5.26 Å². The highest BCUT2D eigenvalue weighted by atomic mass is 19.1. The summed E-state index contributed by atoms with van der Waals surface area (Å²) in [6.07, 6.45) is 5.39. The number of piperidine rings is 1. The van der Waals surface area contributed by atoms with E-state index in [0.29, 0.717) is 24.3 Å². The largest absolute Gasteiger partial charge is 0.444 e. The van der Waals surface area contributed by atoms with Gasteiger partial charge in [0, 0.05) is 31.3 Å². The third-order valence-corrected chi connectivity index (χ3v) is 6.90. The molecular formula is C27H34FN5O4. The molecule has 1 aliphatic carbocycles. The van der Waals surface area contributed by atoms with Crippen LogP contribution in [0.5, 0.6) is 0 Å². The number of benzene rings is 1. The molecule has 2 heterocycles. The van der Waals surface area contributed by atoms with Gasteiger partial charge < -0.3 is 14.8 Å². The van der Waals surface area contributed by atoms with Crippen LogP contribution in [0.25, 0.3) is 11.1 Å². The maximum atomic E-state index is 15.0. The first-order chi connectivity index (χ1) is 17.6. The number of amides is 2. The summed E-state index contributed by atoms with van der Waals surface area (Å²) in [6.45, 7) is 6.47. The summed E-state index contributed by atoms with van der Waals surface area (Å²) in [5, 5.41) is 16.7. The first kappa shape index (κ1) is 26.6. The molecule has 37 heavy (non-hydrogen) atoms. The number of nitrogens with one attached hydrogen (secondary N) is 1. The number of ether oxygens (including phenoxy) is 2. The predicted octanol–water partition coefficient (Wildman–Crippen LogP) is 3.67.